The SMILES string of the molecule is O=C1CCOc2ccc(C(=O)Nc3ncccn3)cc2N1. The number of carbonyl (C=O) groups excluding carboxylic acids is 2. The van der Waals surface area contributed by atoms with Gasteiger partial charge in [-0.1, -0.05) is 0 Å². The summed E-state index contributed by atoms with van der Waals surface area (Å²) in [5.74, 6) is 0.270. The van der Waals surface area contributed by atoms with E-state index in [0.29, 0.717) is 23.6 Å². The lowest BCUT2D eigenvalue weighted by molar-refractivity contribution is -0.116. The molecule has 7 nitrogen and oxygen atoms in total. The Kier molecular flexibility index (Phi) is 3.46. The molecule has 2 heterocycles. The maximum atomic E-state index is 12.1. The predicted molar refractivity (Wildman–Crippen MR) is 75.2 cm³/mol. The molecule has 0 fully saturated rings. The van der Waals surface area contributed by atoms with E-state index in [2.05, 4.69) is 20.6 Å². The third-order valence-electron chi connectivity index (χ3n) is 2.89. The van der Waals surface area contributed by atoms with Gasteiger partial charge in [0.15, 0.2) is 0 Å². The molecule has 0 radical (unpaired) electrons. The molecule has 21 heavy (non-hydrogen) atoms. The minimum Gasteiger partial charge on any atom is -0.491 e. The van der Waals surface area contributed by atoms with Crippen molar-refractivity contribution >= 4 is 23.5 Å². The molecule has 0 unspecified atom stereocenters. The van der Waals surface area contributed by atoms with Crippen LogP contribution in [0, 0.1) is 0 Å². The number of anilines is 2. The molecule has 0 spiro atoms. The van der Waals surface area contributed by atoms with E-state index in [1.54, 1.807) is 24.3 Å². The average molecular weight is 284 g/mol. The molecule has 3 rings (SSSR count). The second kappa shape index (κ2) is 5.58. The topological polar surface area (TPSA) is 93.2 Å². The van der Waals surface area contributed by atoms with Gasteiger partial charge in [0.05, 0.1) is 18.7 Å². The zero-order valence-corrected chi connectivity index (χ0v) is 11.0. The molecule has 1 aliphatic rings. The molecule has 1 aromatic carbocycles. The molecule has 1 aliphatic heterocycles. The predicted octanol–water partition coefficient (Wildman–Crippen LogP) is 1.45. The number of benzene rings is 1. The van der Waals surface area contributed by atoms with Gasteiger partial charge in [-0.2, -0.15) is 0 Å². The fourth-order valence-electron chi connectivity index (χ4n) is 1.90. The minimum absolute atomic E-state index is 0.141. The van der Waals surface area contributed by atoms with Gasteiger partial charge in [-0.05, 0) is 24.3 Å². The minimum atomic E-state index is -0.359. The van der Waals surface area contributed by atoms with E-state index in [1.807, 2.05) is 0 Å². The van der Waals surface area contributed by atoms with Crippen molar-refractivity contribution in [1.29, 1.82) is 0 Å². The number of fused-ring (bicyclic) bond motifs is 1. The molecule has 2 N–H and O–H groups in total. The van der Waals surface area contributed by atoms with Crippen molar-refractivity contribution < 1.29 is 14.3 Å². The molecule has 0 bridgehead atoms. The monoisotopic (exact) mass is 284 g/mol. The molecule has 2 amide bonds. The van der Waals surface area contributed by atoms with Gasteiger partial charge in [-0.25, -0.2) is 9.97 Å². The van der Waals surface area contributed by atoms with E-state index in [1.165, 1.54) is 12.4 Å². The first kappa shape index (κ1) is 13.0. The molecule has 0 aliphatic carbocycles. The summed E-state index contributed by atoms with van der Waals surface area (Å²) in [5.41, 5.74) is 0.867. The third-order valence-corrected chi connectivity index (χ3v) is 2.89. The van der Waals surface area contributed by atoms with E-state index in [0.717, 1.165) is 0 Å². The number of nitrogens with one attached hydrogen (secondary N) is 2. The summed E-state index contributed by atoms with van der Waals surface area (Å²) >= 11 is 0. The Labute approximate surface area is 120 Å². The number of carbonyl (C=O) groups is 2. The van der Waals surface area contributed by atoms with Crippen molar-refractivity contribution in [3.05, 3.63) is 42.2 Å². The van der Waals surface area contributed by atoms with Crippen LogP contribution >= 0.6 is 0 Å². The highest BCUT2D eigenvalue weighted by Gasteiger charge is 2.16. The zero-order valence-electron chi connectivity index (χ0n) is 11.0. The van der Waals surface area contributed by atoms with Crippen LogP contribution in [-0.4, -0.2) is 28.4 Å². The molecule has 0 saturated heterocycles. The number of rotatable bonds is 2. The first-order valence-electron chi connectivity index (χ1n) is 6.37. The number of ether oxygens (including phenoxy) is 1. The van der Waals surface area contributed by atoms with Crippen molar-refractivity contribution in [2.45, 2.75) is 6.42 Å². The van der Waals surface area contributed by atoms with Gasteiger partial charge in [0.2, 0.25) is 11.9 Å². The Bertz CT molecular complexity index is 688. The standard InChI is InChI=1S/C14H12N4O3/c19-12-4-7-21-11-3-2-9(8-10(11)17-12)13(20)18-14-15-5-1-6-16-14/h1-3,5-6,8H,4,7H2,(H,17,19)(H,15,16,18,20). The smallest absolute Gasteiger partial charge is 0.258 e. The van der Waals surface area contributed by atoms with Crippen molar-refractivity contribution in [3.63, 3.8) is 0 Å². The zero-order chi connectivity index (χ0) is 14.7. The lowest BCUT2D eigenvalue weighted by Crippen LogP contribution is -2.15. The Morgan fingerprint density at radius 1 is 1.29 bits per heavy atom. The van der Waals surface area contributed by atoms with Crippen LogP contribution in [0.15, 0.2) is 36.7 Å². The second-order valence-electron chi connectivity index (χ2n) is 4.38. The van der Waals surface area contributed by atoms with Crippen LogP contribution in [0.1, 0.15) is 16.8 Å². The fraction of sp³-hybridized carbons (Fsp3) is 0.143. The average Bonchev–Trinajstić information content (AvgIpc) is 2.68. The van der Waals surface area contributed by atoms with E-state index in [-0.39, 0.29) is 24.2 Å². The summed E-state index contributed by atoms with van der Waals surface area (Å²) in [6.45, 7) is 0.322. The van der Waals surface area contributed by atoms with Crippen LogP contribution in [-0.2, 0) is 4.79 Å². The highest BCUT2D eigenvalue weighted by Crippen LogP contribution is 2.28. The van der Waals surface area contributed by atoms with Crippen molar-refractivity contribution in [2.24, 2.45) is 0 Å². The van der Waals surface area contributed by atoms with E-state index >= 15 is 0 Å². The van der Waals surface area contributed by atoms with Crippen LogP contribution in [0.3, 0.4) is 0 Å². The highest BCUT2D eigenvalue weighted by atomic mass is 16.5. The number of amides is 2. The summed E-state index contributed by atoms with van der Waals surface area (Å²) in [4.78, 5) is 31.5. The molecule has 106 valence electrons. The molecule has 1 aromatic heterocycles. The quantitative estimate of drug-likeness (QED) is 0.870. The Balaban J connectivity index is 1.83. The van der Waals surface area contributed by atoms with Crippen LogP contribution in [0.25, 0.3) is 0 Å². The van der Waals surface area contributed by atoms with Gasteiger partial charge >= 0.3 is 0 Å². The number of aromatic nitrogens is 2. The van der Waals surface area contributed by atoms with Crippen LogP contribution in [0.4, 0.5) is 11.6 Å². The summed E-state index contributed by atoms with van der Waals surface area (Å²) in [6.07, 6.45) is 3.36. The van der Waals surface area contributed by atoms with Gasteiger partial charge in [0.25, 0.3) is 5.91 Å². The second-order valence-corrected chi connectivity index (χ2v) is 4.38. The number of hydrogen-bond donors (Lipinski definition) is 2. The number of hydrogen-bond acceptors (Lipinski definition) is 5. The van der Waals surface area contributed by atoms with Gasteiger partial charge in [0.1, 0.15) is 5.75 Å². The lowest BCUT2D eigenvalue weighted by Gasteiger charge is -2.09. The summed E-state index contributed by atoms with van der Waals surface area (Å²) in [5, 5.41) is 5.28. The number of nitrogens with zero attached hydrogens (tertiary/aromatic N) is 2. The molecule has 2 aromatic rings. The largest absolute Gasteiger partial charge is 0.491 e. The van der Waals surface area contributed by atoms with Crippen molar-refractivity contribution in [1.82, 2.24) is 9.97 Å². The lowest BCUT2D eigenvalue weighted by atomic mass is 10.1. The van der Waals surface area contributed by atoms with Gasteiger partial charge < -0.3 is 10.1 Å². The van der Waals surface area contributed by atoms with E-state index in [4.69, 9.17) is 4.74 Å². The van der Waals surface area contributed by atoms with Gasteiger partial charge in [0, 0.05) is 18.0 Å². The Hall–Kier alpha value is -2.96. The molecule has 0 atom stereocenters. The summed E-state index contributed by atoms with van der Waals surface area (Å²) < 4.78 is 5.43. The van der Waals surface area contributed by atoms with Gasteiger partial charge in [-0.3, -0.25) is 14.9 Å². The summed E-state index contributed by atoms with van der Waals surface area (Å²) in [7, 11) is 0. The van der Waals surface area contributed by atoms with Crippen LogP contribution in [0.2, 0.25) is 0 Å². The maximum absolute atomic E-state index is 12.1. The van der Waals surface area contributed by atoms with Gasteiger partial charge in [-0.15, -0.1) is 0 Å². The molecular formula is C14H12N4O3. The first-order valence-corrected chi connectivity index (χ1v) is 6.37. The van der Waals surface area contributed by atoms with Crippen molar-refractivity contribution in [2.75, 3.05) is 17.2 Å². The highest BCUT2D eigenvalue weighted by molar-refractivity contribution is 6.05. The summed E-state index contributed by atoms with van der Waals surface area (Å²) in [6, 6.07) is 6.50. The van der Waals surface area contributed by atoms with E-state index < -0.39 is 0 Å². The Morgan fingerprint density at radius 2 is 2.10 bits per heavy atom. The first-order chi connectivity index (χ1) is 10.2. The third kappa shape index (κ3) is 2.97. The molecule has 0 saturated carbocycles. The van der Waals surface area contributed by atoms with E-state index in [9.17, 15) is 9.59 Å². The maximum Gasteiger partial charge on any atom is 0.258 e. The van der Waals surface area contributed by atoms with Crippen LogP contribution in [0.5, 0.6) is 5.75 Å². The Morgan fingerprint density at radius 3 is 2.90 bits per heavy atom. The fourth-order valence-corrected chi connectivity index (χ4v) is 1.90. The van der Waals surface area contributed by atoms with Crippen LogP contribution < -0.4 is 15.4 Å². The van der Waals surface area contributed by atoms with Crippen molar-refractivity contribution in [3.8, 4) is 5.75 Å². The normalized spacial score (nSPS) is 13.4. The molecular weight excluding hydrogens is 272 g/mol. The molecule has 7 heteroatoms.